The van der Waals surface area contributed by atoms with Gasteiger partial charge in [-0.25, -0.2) is 0 Å². The van der Waals surface area contributed by atoms with Gasteiger partial charge in [-0.3, -0.25) is 14.9 Å². The number of anilines is 1. The molecule has 0 bridgehead atoms. The Bertz CT molecular complexity index is 1160. The Morgan fingerprint density at radius 1 is 1.10 bits per heavy atom. The van der Waals surface area contributed by atoms with Crippen LogP contribution in [0.1, 0.15) is 5.76 Å². The average molecular weight is 428 g/mol. The van der Waals surface area contributed by atoms with Crippen molar-refractivity contribution in [3.63, 3.8) is 0 Å². The largest absolute Gasteiger partial charge is 0.457 e. The number of nitrogens with one attached hydrogen (secondary N) is 1. The van der Waals surface area contributed by atoms with Gasteiger partial charge in [0.05, 0.1) is 4.92 Å². The van der Waals surface area contributed by atoms with Crippen LogP contribution in [0.5, 0.6) is 0 Å². The number of furan rings is 1. The van der Waals surface area contributed by atoms with Crippen molar-refractivity contribution in [3.8, 4) is 17.4 Å². The summed E-state index contributed by atoms with van der Waals surface area (Å²) in [5, 5.41) is 23.5. The standard InChI is InChI=1S/C20H11Cl2N3O4/c21-14-3-1-12(2-4-14)19-8-6-16(29-19)9-13(11-23)20(26)24-17-7-5-15(22)10-18(17)25(27)28/h1-10H,(H,24,26)/b13-9+. The molecule has 0 aliphatic heterocycles. The SMILES string of the molecule is N#C/C(=C\c1ccc(-c2ccc(Cl)cc2)o1)C(=O)Nc1ccc(Cl)cc1[N+](=O)[O-]. The average Bonchev–Trinajstić information content (AvgIpc) is 3.16. The van der Waals surface area contributed by atoms with E-state index in [-0.39, 0.29) is 27.7 Å². The highest BCUT2D eigenvalue weighted by Crippen LogP contribution is 2.29. The van der Waals surface area contributed by atoms with Crippen LogP contribution < -0.4 is 5.32 Å². The summed E-state index contributed by atoms with van der Waals surface area (Å²) in [5.74, 6) is -0.0198. The molecule has 29 heavy (non-hydrogen) atoms. The molecular formula is C20H11Cl2N3O4. The molecule has 2 aromatic carbocycles. The Kier molecular flexibility index (Phi) is 5.98. The molecule has 0 fully saturated rings. The molecular weight excluding hydrogens is 417 g/mol. The number of halogens is 2. The molecule has 1 N–H and O–H groups in total. The fourth-order valence-electron chi connectivity index (χ4n) is 2.44. The highest BCUT2D eigenvalue weighted by atomic mass is 35.5. The van der Waals surface area contributed by atoms with E-state index in [0.717, 1.165) is 11.6 Å². The molecule has 144 valence electrons. The normalized spacial score (nSPS) is 11.0. The van der Waals surface area contributed by atoms with Gasteiger partial charge in [-0.1, -0.05) is 23.2 Å². The van der Waals surface area contributed by atoms with Crippen molar-refractivity contribution in [1.29, 1.82) is 5.26 Å². The van der Waals surface area contributed by atoms with E-state index in [1.54, 1.807) is 42.5 Å². The number of amides is 1. The number of hydrogen-bond acceptors (Lipinski definition) is 5. The van der Waals surface area contributed by atoms with E-state index >= 15 is 0 Å². The van der Waals surface area contributed by atoms with Crippen LogP contribution in [0.15, 0.2) is 64.6 Å². The summed E-state index contributed by atoms with van der Waals surface area (Å²) >= 11 is 11.6. The van der Waals surface area contributed by atoms with E-state index in [1.165, 1.54) is 18.2 Å². The van der Waals surface area contributed by atoms with Gasteiger partial charge in [0.15, 0.2) is 0 Å². The molecule has 3 rings (SSSR count). The number of rotatable bonds is 5. The molecule has 0 aliphatic rings. The second-order valence-electron chi connectivity index (χ2n) is 5.75. The molecule has 0 radical (unpaired) electrons. The third kappa shape index (κ3) is 4.82. The summed E-state index contributed by atoms with van der Waals surface area (Å²) in [4.78, 5) is 22.9. The first-order valence-electron chi connectivity index (χ1n) is 8.10. The molecule has 7 nitrogen and oxygen atoms in total. The Morgan fingerprint density at radius 2 is 1.79 bits per heavy atom. The van der Waals surface area contributed by atoms with E-state index < -0.39 is 10.8 Å². The van der Waals surface area contributed by atoms with Crippen molar-refractivity contribution in [2.45, 2.75) is 0 Å². The van der Waals surface area contributed by atoms with Crippen LogP contribution in [0.3, 0.4) is 0 Å². The van der Waals surface area contributed by atoms with E-state index in [1.807, 2.05) is 0 Å². The zero-order valence-corrected chi connectivity index (χ0v) is 16.1. The summed E-state index contributed by atoms with van der Waals surface area (Å²) in [7, 11) is 0. The number of carbonyl (C=O) groups is 1. The maximum Gasteiger partial charge on any atom is 0.294 e. The highest BCUT2D eigenvalue weighted by Gasteiger charge is 2.19. The van der Waals surface area contributed by atoms with E-state index in [4.69, 9.17) is 27.6 Å². The number of carbonyl (C=O) groups excluding carboxylic acids is 1. The minimum Gasteiger partial charge on any atom is -0.457 e. The third-order valence-electron chi connectivity index (χ3n) is 3.81. The molecule has 1 heterocycles. The molecule has 0 saturated heterocycles. The van der Waals surface area contributed by atoms with Crippen LogP contribution in [0, 0.1) is 21.4 Å². The van der Waals surface area contributed by atoms with Gasteiger partial charge in [0.25, 0.3) is 11.6 Å². The Balaban J connectivity index is 1.84. The topological polar surface area (TPSA) is 109 Å². The Labute approximate surface area is 174 Å². The van der Waals surface area contributed by atoms with Gasteiger partial charge in [-0.15, -0.1) is 0 Å². The highest BCUT2D eigenvalue weighted by molar-refractivity contribution is 6.31. The smallest absolute Gasteiger partial charge is 0.294 e. The lowest BCUT2D eigenvalue weighted by atomic mass is 10.2. The summed E-state index contributed by atoms with van der Waals surface area (Å²) < 4.78 is 5.64. The van der Waals surface area contributed by atoms with Crippen molar-refractivity contribution in [2.75, 3.05) is 5.32 Å². The van der Waals surface area contributed by atoms with Crippen LogP contribution in [-0.2, 0) is 4.79 Å². The molecule has 0 unspecified atom stereocenters. The summed E-state index contributed by atoms with van der Waals surface area (Å²) in [6.45, 7) is 0. The lowest BCUT2D eigenvalue weighted by Gasteiger charge is -2.05. The van der Waals surface area contributed by atoms with Crippen molar-refractivity contribution in [2.24, 2.45) is 0 Å². The Hall–Kier alpha value is -3.60. The Morgan fingerprint density at radius 3 is 2.45 bits per heavy atom. The lowest BCUT2D eigenvalue weighted by molar-refractivity contribution is -0.383. The molecule has 3 aromatic rings. The van der Waals surface area contributed by atoms with Crippen LogP contribution >= 0.6 is 23.2 Å². The number of nitrogens with zero attached hydrogens (tertiary/aromatic N) is 2. The summed E-state index contributed by atoms with van der Waals surface area (Å²) in [6.07, 6.45) is 1.25. The zero-order chi connectivity index (χ0) is 21.0. The number of nitro benzene ring substituents is 1. The molecule has 9 heteroatoms. The van der Waals surface area contributed by atoms with Crippen LogP contribution in [0.25, 0.3) is 17.4 Å². The monoisotopic (exact) mass is 427 g/mol. The van der Waals surface area contributed by atoms with Gasteiger partial charge in [0.1, 0.15) is 28.9 Å². The van der Waals surface area contributed by atoms with Gasteiger partial charge in [0, 0.05) is 27.8 Å². The predicted molar refractivity (Wildman–Crippen MR) is 109 cm³/mol. The first-order chi connectivity index (χ1) is 13.9. The number of nitriles is 1. The van der Waals surface area contributed by atoms with Crippen LogP contribution in [0.4, 0.5) is 11.4 Å². The lowest BCUT2D eigenvalue weighted by Crippen LogP contribution is -2.14. The molecule has 1 aromatic heterocycles. The maximum atomic E-state index is 12.4. The second-order valence-corrected chi connectivity index (χ2v) is 6.62. The fraction of sp³-hybridized carbons (Fsp3) is 0. The van der Waals surface area contributed by atoms with Crippen LogP contribution in [-0.4, -0.2) is 10.8 Å². The fourth-order valence-corrected chi connectivity index (χ4v) is 2.73. The van der Waals surface area contributed by atoms with E-state index in [2.05, 4.69) is 5.32 Å². The first kappa shape index (κ1) is 20.1. The van der Waals surface area contributed by atoms with Crippen molar-refractivity contribution in [1.82, 2.24) is 0 Å². The number of benzene rings is 2. The van der Waals surface area contributed by atoms with Gasteiger partial charge in [0.2, 0.25) is 0 Å². The quantitative estimate of drug-likeness (QED) is 0.242. The van der Waals surface area contributed by atoms with Gasteiger partial charge < -0.3 is 9.73 Å². The van der Waals surface area contributed by atoms with Gasteiger partial charge >= 0.3 is 0 Å². The predicted octanol–water partition coefficient (Wildman–Crippen LogP) is 5.71. The molecule has 0 saturated carbocycles. The number of hydrogen-bond donors (Lipinski definition) is 1. The van der Waals surface area contributed by atoms with Gasteiger partial charge in [-0.2, -0.15) is 5.26 Å². The van der Waals surface area contributed by atoms with Crippen LogP contribution in [0.2, 0.25) is 10.0 Å². The molecule has 0 spiro atoms. The first-order valence-corrected chi connectivity index (χ1v) is 8.86. The second kappa shape index (κ2) is 8.61. The van der Waals surface area contributed by atoms with E-state index in [0.29, 0.717) is 10.8 Å². The maximum absolute atomic E-state index is 12.4. The molecule has 1 amide bonds. The molecule has 0 atom stereocenters. The third-order valence-corrected chi connectivity index (χ3v) is 4.30. The van der Waals surface area contributed by atoms with Gasteiger partial charge in [-0.05, 0) is 48.5 Å². The molecule has 0 aliphatic carbocycles. The summed E-state index contributed by atoms with van der Waals surface area (Å²) in [6, 6.07) is 15.8. The minimum atomic E-state index is -0.817. The minimum absolute atomic E-state index is 0.0770. The summed E-state index contributed by atoms with van der Waals surface area (Å²) in [5.41, 5.74) is 0.0260. The number of nitro groups is 1. The van der Waals surface area contributed by atoms with Crippen molar-refractivity contribution < 1.29 is 14.1 Å². The van der Waals surface area contributed by atoms with Crippen molar-refractivity contribution in [3.05, 3.63) is 86.1 Å². The van der Waals surface area contributed by atoms with E-state index in [9.17, 15) is 20.2 Å². The van der Waals surface area contributed by atoms with Crippen molar-refractivity contribution >= 4 is 46.6 Å². The zero-order valence-electron chi connectivity index (χ0n) is 14.6.